The Kier molecular flexibility index (Phi) is 4.07. The number of hydrogen-bond acceptors (Lipinski definition) is 3. The van der Waals surface area contributed by atoms with Gasteiger partial charge in [-0.15, -0.1) is 0 Å². The third kappa shape index (κ3) is 2.74. The van der Waals surface area contributed by atoms with Crippen LogP contribution in [-0.4, -0.2) is 17.8 Å². The zero-order chi connectivity index (χ0) is 12.8. The Labute approximate surface area is 107 Å². The van der Waals surface area contributed by atoms with Crippen molar-refractivity contribution in [1.82, 2.24) is 4.98 Å². The van der Waals surface area contributed by atoms with Crippen molar-refractivity contribution in [3.8, 4) is 0 Å². The van der Waals surface area contributed by atoms with Gasteiger partial charge in [0.25, 0.3) is 0 Å². The van der Waals surface area contributed by atoms with E-state index in [1.165, 1.54) is 5.56 Å². The van der Waals surface area contributed by atoms with Gasteiger partial charge in [0.05, 0.1) is 5.56 Å². The van der Waals surface area contributed by atoms with Gasteiger partial charge in [-0.05, 0) is 24.6 Å². The fourth-order valence-corrected chi connectivity index (χ4v) is 1.91. The molecule has 0 radical (unpaired) electrons. The fourth-order valence-electron chi connectivity index (χ4n) is 1.91. The van der Waals surface area contributed by atoms with Crippen LogP contribution in [-0.2, 0) is 6.54 Å². The maximum Gasteiger partial charge on any atom is 0.153 e. The number of rotatable bonds is 5. The van der Waals surface area contributed by atoms with Crippen LogP contribution in [0.25, 0.3) is 0 Å². The summed E-state index contributed by atoms with van der Waals surface area (Å²) in [6.07, 6.45) is 2.58. The first-order valence-electron chi connectivity index (χ1n) is 6.04. The van der Waals surface area contributed by atoms with E-state index in [1.54, 1.807) is 18.3 Å². The third-order valence-electron chi connectivity index (χ3n) is 2.84. The molecule has 3 nitrogen and oxygen atoms in total. The molecule has 92 valence electrons. The third-order valence-corrected chi connectivity index (χ3v) is 2.84. The van der Waals surface area contributed by atoms with Crippen LogP contribution in [0.15, 0.2) is 48.7 Å². The lowest BCUT2D eigenvalue weighted by molar-refractivity contribution is 0.112. The normalized spacial score (nSPS) is 10.1. The van der Waals surface area contributed by atoms with Gasteiger partial charge in [-0.25, -0.2) is 4.98 Å². The van der Waals surface area contributed by atoms with E-state index in [9.17, 15) is 4.79 Å². The Morgan fingerprint density at radius 1 is 1.17 bits per heavy atom. The highest BCUT2D eigenvalue weighted by Gasteiger charge is 2.10. The molecule has 0 fully saturated rings. The van der Waals surface area contributed by atoms with Crippen molar-refractivity contribution in [1.29, 1.82) is 0 Å². The first kappa shape index (κ1) is 12.3. The molecule has 0 amide bonds. The molecule has 3 heteroatoms. The van der Waals surface area contributed by atoms with Gasteiger partial charge in [-0.1, -0.05) is 30.3 Å². The molecule has 1 aromatic carbocycles. The van der Waals surface area contributed by atoms with Crippen molar-refractivity contribution < 1.29 is 4.79 Å². The van der Waals surface area contributed by atoms with Crippen molar-refractivity contribution in [3.05, 3.63) is 59.8 Å². The standard InChI is InChI=1S/C15H16N2O/c1-2-17(11-13-7-4-3-5-8-13)15-14(12-18)9-6-10-16-15/h3-10,12H,2,11H2,1H3. The quantitative estimate of drug-likeness (QED) is 0.753. The van der Waals surface area contributed by atoms with Gasteiger partial charge in [0.1, 0.15) is 5.82 Å². The number of carbonyl (C=O) groups is 1. The minimum Gasteiger partial charge on any atom is -0.352 e. The summed E-state index contributed by atoms with van der Waals surface area (Å²) in [5.74, 6) is 0.749. The fraction of sp³-hybridized carbons (Fsp3) is 0.200. The summed E-state index contributed by atoms with van der Waals surface area (Å²) in [7, 11) is 0. The maximum absolute atomic E-state index is 11.0. The summed E-state index contributed by atoms with van der Waals surface area (Å²) >= 11 is 0. The Morgan fingerprint density at radius 2 is 1.94 bits per heavy atom. The molecule has 0 spiro atoms. The number of aldehydes is 1. The van der Waals surface area contributed by atoms with Crippen molar-refractivity contribution in [2.45, 2.75) is 13.5 Å². The zero-order valence-electron chi connectivity index (χ0n) is 10.4. The Morgan fingerprint density at radius 3 is 2.61 bits per heavy atom. The second-order valence-electron chi connectivity index (χ2n) is 4.03. The van der Waals surface area contributed by atoms with Crippen molar-refractivity contribution >= 4 is 12.1 Å². The highest BCUT2D eigenvalue weighted by atomic mass is 16.1. The SMILES string of the molecule is CCN(Cc1ccccc1)c1ncccc1C=O. The molecule has 1 heterocycles. The summed E-state index contributed by atoms with van der Waals surface area (Å²) in [6.45, 7) is 3.63. The monoisotopic (exact) mass is 240 g/mol. The number of aromatic nitrogens is 1. The largest absolute Gasteiger partial charge is 0.352 e. The molecule has 0 aliphatic rings. The smallest absolute Gasteiger partial charge is 0.153 e. The van der Waals surface area contributed by atoms with Gasteiger partial charge in [-0.2, -0.15) is 0 Å². The number of hydrogen-bond donors (Lipinski definition) is 0. The molecular weight excluding hydrogens is 224 g/mol. The lowest BCUT2D eigenvalue weighted by Crippen LogP contribution is -2.24. The van der Waals surface area contributed by atoms with Gasteiger partial charge in [-0.3, -0.25) is 4.79 Å². The van der Waals surface area contributed by atoms with Gasteiger partial charge in [0.15, 0.2) is 6.29 Å². The van der Waals surface area contributed by atoms with Gasteiger partial charge < -0.3 is 4.90 Å². The zero-order valence-corrected chi connectivity index (χ0v) is 10.4. The second kappa shape index (κ2) is 5.96. The first-order valence-corrected chi connectivity index (χ1v) is 6.04. The molecule has 0 saturated heterocycles. The maximum atomic E-state index is 11.0. The van der Waals surface area contributed by atoms with Gasteiger partial charge >= 0.3 is 0 Å². The number of benzene rings is 1. The van der Waals surface area contributed by atoms with Gasteiger partial charge in [0, 0.05) is 19.3 Å². The minimum absolute atomic E-state index is 0.635. The summed E-state index contributed by atoms with van der Waals surface area (Å²) in [5.41, 5.74) is 1.84. The Hall–Kier alpha value is -2.16. The molecule has 1 aromatic heterocycles. The van der Waals surface area contributed by atoms with Crippen LogP contribution in [0, 0.1) is 0 Å². The van der Waals surface area contributed by atoms with E-state index in [0.717, 1.165) is 25.2 Å². The number of anilines is 1. The van der Waals surface area contributed by atoms with Gasteiger partial charge in [0.2, 0.25) is 0 Å². The Bertz CT molecular complexity index is 511. The molecule has 0 aliphatic heterocycles. The predicted octanol–water partition coefficient (Wildman–Crippen LogP) is 2.92. The summed E-state index contributed by atoms with van der Waals surface area (Å²) in [4.78, 5) is 17.4. The topological polar surface area (TPSA) is 33.2 Å². The molecule has 18 heavy (non-hydrogen) atoms. The molecule has 2 aromatic rings. The summed E-state index contributed by atoms with van der Waals surface area (Å²) in [6, 6.07) is 13.8. The molecule has 0 saturated carbocycles. The van der Waals surface area contributed by atoms with E-state index >= 15 is 0 Å². The van der Waals surface area contributed by atoms with E-state index in [0.29, 0.717) is 5.56 Å². The van der Waals surface area contributed by atoms with Crippen molar-refractivity contribution in [3.63, 3.8) is 0 Å². The lowest BCUT2D eigenvalue weighted by atomic mass is 10.2. The molecule has 0 N–H and O–H groups in total. The van der Waals surface area contributed by atoms with Crippen LogP contribution in [0.2, 0.25) is 0 Å². The number of pyridine rings is 1. The van der Waals surface area contributed by atoms with Crippen LogP contribution < -0.4 is 4.90 Å². The molecule has 0 atom stereocenters. The predicted molar refractivity (Wildman–Crippen MR) is 72.8 cm³/mol. The average Bonchev–Trinajstić information content (AvgIpc) is 2.46. The molecular formula is C15H16N2O. The van der Waals surface area contributed by atoms with Crippen LogP contribution in [0.1, 0.15) is 22.8 Å². The first-order chi connectivity index (χ1) is 8.85. The molecule has 2 rings (SSSR count). The molecule has 0 bridgehead atoms. The van der Waals surface area contributed by atoms with Crippen LogP contribution in [0.5, 0.6) is 0 Å². The number of carbonyl (C=O) groups excluding carboxylic acids is 1. The Balaban J connectivity index is 2.26. The second-order valence-corrected chi connectivity index (χ2v) is 4.03. The average molecular weight is 240 g/mol. The molecule has 0 aliphatic carbocycles. The van der Waals surface area contributed by atoms with Crippen LogP contribution >= 0.6 is 0 Å². The molecule has 0 unspecified atom stereocenters. The number of nitrogens with zero attached hydrogens (tertiary/aromatic N) is 2. The van der Waals surface area contributed by atoms with E-state index in [2.05, 4.69) is 28.9 Å². The van der Waals surface area contributed by atoms with Crippen LogP contribution in [0.3, 0.4) is 0 Å². The van der Waals surface area contributed by atoms with Crippen LogP contribution in [0.4, 0.5) is 5.82 Å². The highest BCUT2D eigenvalue weighted by Crippen LogP contribution is 2.17. The highest BCUT2D eigenvalue weighted by molar-refractivity contribution is 5.82. The van der Waals surface area contributed by atoms with Crippen molar-refractivity contribution in [2.24, 2.45) is 0 Å². The van der Waals surface area contributed by atoms with E-state index in [1.807, 2.05) is 18.2 Å². The van der Waals surface area contributed by atoms with E-state index < -0.39 is 0 Å². The lowest BCUT2D eigenvalue weighted by Gasteiger charge is -2.23. The van der Waals surface area contributed by atoms with Crippen molar-refractivity contribution in [2.75, 3.05) is 11.4 Å². The summed E-state index contributed by atoms with van der Waals surface area (Å²) in [5, 5.41) is 0. The summed E-state index contributed by atoms with van der Waals surface area (Å²) < 4.78 is 0. The van der Waals surface area contributed by atoms with E-state index in [4.69, 9.17) is 0 Å². The minimum atomic E-state index is 0.635. The van der Waals surface area contributed by atoms with E-state index in [-0.39, 0.29) is 0 Å².